The van der Waals surface area contributed by atoms with Crippen LogP contribution in [0.5, 0.6) is 0 Å². The van der Waals surface area contributed by atoms with Crippen LogP contribution in [0, 0.1) is 17.0 Å². The van der Waals surface area contributed by atoms with Crippen molar-refractivity contribution in [3.63, 3.8) is 0 Å². The van der Waals surface area contributed by atoms with Crippen molar-refractivity contribution in [1.29, 1.82) is 0 Å². The second kappa shape index (κ2) is 8.75. The Morgan fingerprint density at radius 2 is 2.00 bits per heavy atom. The molecule has 27 heavy (non-hydrogen) atoms. The van der Waals surface area contributed by atoms with Gasteiger partial charge in [0.2, 0.25) is 11.8 Å². The predicted octanol–water partition coefficient (Wildman–Crippen LogP) is 3.00. The molecule has 0 aliphatic rings. The molecule has 2 N–H and O–H groups in total. The number of aromatic nitrogens is 4. The molecule has 9 heteroatoms. The number of rotatable bonds is 9. The molecule has 3 aromatic rings. The van der Waals surface area contributed by atoms with Gasteiger partial charge in [0.25, 0.3) is 0 Å². The highest BCUT2D eigenvalue weighted by Crippen LogP contribution is 2.27. The summed E-state index contributed by atoms with van der Waals surface area (Å²) in [7, 11) is 0. The van der Waals surface area contributed by atoms with Crippen molar-refractivity contribution in [3.8, 4) is 0 Å². The number of nitrogens with one attached hydrogen (secondary N) is 2. The Morgan fingerprint density at radius 3 is 2.70 bits per heavy atom. The van der Waals surface area contributed by atoms with Gasteiger partial charge in [-0.05, 0) is 18.9 Å². The summed E-state index contributed by atoms with van der Waals surface area (Å²) in [5, 5.41) is 17.6. The van der Waals surface area contributed by atoms with Crippen molar-refractivity contribution in [2.24, 2.45) is 0 Å². The van der Waals surface area contributed by atoms with Gasteiger partial charge in [0, 0.05) is 32.0 Å². The van der Waals surface area contributed by atoms with Gasteiger partial charge in [0.1, 0.15) is 5.69 Å². The molecule has 2 aromatic heterocycles. The Labute approximate surface area is 156 Å². The van der Waals surface area contributed by atoms with Crippen LogP contribution >= 0.6 is 0 Å². The molecule has 3 rings (SSSR count). The maximum absolute atomic E-state index is 11.4. The van der Waals surface area contributed by atoms with E-state index in [1.54, 1.807) is 19.4 Å². The molecule has 0 saturated carbocycles. The SMILES string of the molecule is Cc1nc(NCCCn2ccnc2)nc(NCc2ccccc2)c1[N+](=O)[O-]. The van der Waals surface area contributed by atoms with E-state index in [2.05, 4.69) is 25.6 Å². The summed E-state index contributed by atoms with van der Waals surface area (Å²) in [4.78, 5) is 23.5. The van der Waals surface area contributed by atoms with E-state index >= 15 is 0 Å². The average Bonchev–Trinajstić information content (AvgIpc) is 3.17. The minimum absolute atomic E-state index is 0.102. The van der Waals surface area contributed by atoms with Crippen LogP contribution in [0.15, 0.2) is 49.1 Å². The third-order valence-electron chi connectivity index (χ3n) is 3.98. The van der Waals surface area contributed by atoms with Crippen LogP contribution in [0.3, 0.4) is 0 Å². The smallest absolute Gasteiger partial charge is 0.332 e. The zero-order valence-electron chi connectivity index (χ0n) is 15.0. The molecule has 0 aliphatic heterocycles. The lowest BCUT2D eigenvalue weighted by Gasteiger charge is -2.11. The highest BCUT2D eigenvalue weighted by molar-refractivity contribution is 5.61. The first-order chi connectivity index (χ1) is 13.1. The Balaban J connectivity index is 1.67. The lowest BCUT2D eigenvalue weighted by molar-refractivity contribution is -0.385. The summed E-state index contributed by atoms with van der Waals surface area (Å²) >= 11 is 0. The monoisotopic (exact) mass is 367 g/mol. The number of hydrogen-bond donors (Lipinski definition) is 2. The molecular weight excluding hydrogens is 346 g/mol. The molecule has 0 unspecified atom stereocenters. The molecule has 2 heterocycles. The third-order valence-corrected chi connectivity index (χ3v) is 3.98. The minimum Gasteiger partial charge on any atom is -0.360 e. The maximum Gasteiger partial charge on any atom is 0.332 e. The molecule has 0 radical (unpaired) electrons. The van der Waals surface area contributed by atoms with E-state index in [9.17, 15) is 10.1 Å². The van der Waals surface area contributed by atoms with Gasteiger partial charge in [-0.2, -0.15) is 4.98 Å². The van der Waals surface area contributed by atoms with Crippen LogP contribution in [0.2, 0.25) is 0 Å². The fraction of sp³-hybridized carbons (Fsp3) is 0.278. The summed E-state index contributed by atoms with van der Waals surface area (Å²) in [6.45, 7) is 3.52. The zero-order valence-corrected chi connectivity index (χ0v) is 15.0. The van der Waals surface area contributed by atoms with Crippen molar-refractivity contribution in [3.05, 3.63) is 70.4 Å². The number of anilines is 2. The minimum atomic E-state index is -0.453. The van der Waals surface area contributed by atoms with Gasteiger partial charge < -0.3 is 15.2 Å². The number of benzene rings is 1. The molecule has 0 atom stereocenters. The number of nitro groups is 1. The van der Waals surface area contributed by atoms with E-state index in [1.807, 2.05) is 41.1 Å². The van der Waals surface area contributed by atoms with E-state index in [1.165, 1.54) is 0 Å². The van der Waals surface area contributed by atoms with Gasteiger partial charge in [-0.1, -0.05) is 30.3 Å². The van der Waals surface area contributed by atoms with Crippen LogP contribution in [0.25, 0.3) is 0 Å². The molecule has 0 amide bonds. The van der Waals surface area contributed by atoms with Crippen molar-refractivity contribution in [1.82, 2.24) is 19.5 Å². The van der Waals surface area contributed by atoms with Crippen LogP contribution in [-0.2, 0) is 13.1 Å². The molecule has 0 bridgehead atoms. The van der Waals surface area contributed by atoms with Gasteiger partial charge in [0.05, 0.1) is 11.3 Å². The summed E-state index contributed by atoms with van der Waals surface area (Å²) in [5.41, 5.74) is 1.23. The van der Waals surface area contributed by atoms with Crippen LogP contribution in [0.4, 0.5) is 17.5 Å². The fourth-order valence-electron chi connectivity index (χ4n) is 2.65. The second-order valence-corrected chi connectivity index (χ2v) is 6.01. The molecule has 0 saturated heterocycles. The molecular formula is C18H21N7O2. The first-order valence-electron chi connectivity index (χ1n) is 8.64. The Bertz CT molecular complexity index is 882. The third kappa shape index (κ3) is 5.00. The van der Waals surface area contributed by atoms with Crippen LogP contribution in [0.1, 0.15) is 17.7 Å². The summed E-state index contributed by atoms with van der Waals surface area (Å²) in [6, 6.07) is 9.66. The zero-order chi connectivity index (χ0) is 19.1. The highest BCUT2D eigenvalue weighted by Gasteiger charge is 2.21. The van der Waals surface area contributed by atoms with Gasteiger partial charge in [0.15, 0.2) is 0 Å². The number of hydrogen-bond acceptors (Lipinski definition) is 7. The molecule has 0 aliphatic carbocycles. The van der Waals surface area contributed by atoms with Gasteiger partial charge in [-0.15, -0.1) is 0 Å². The molecule has 9 nitrogen and oxygen atoms in total. The Kier molecular flexibility index (Phi) is 5.93. The van der Waals surface area contributed by atoms with Crippen LogP contribution < -0.4 is 10.6 Å². The van der Waals surface area contributed by atoms with E-state index in [4.69, 9.17) is 0 Å². The number of imidazole rings is 1. The first-order valence-corrected chi connectivity index (χ1v) is 8.64. The van der Waals surface area contributed by atoms with Crippen molar-refractivity contribution in [2.45, 2.75) is 26.4 Å². The summed E-state index contributed by atoms with van der Waals surface area (Å²) < 4.78 is 1.98. The van der Waals surface area contributed by atoms with Crippen LogP contribution in [-0.4, -0.2) is 31.0 Å². The molecule has 0 spiro atoms. The van der Waals surface area contributed by atoms with Gasteiger partial charge in [-0.25, -0.2) is 9.97 Å². The lowest BCUT2D eigenvalue weighted by atomic mass is 10.2. The fourth-order valence-corrected chi connectivity index (χ4v) is 2.65. The topological polar surface area (TPSA) is 111 Å². The quantitative estimate of drug-likeness (QED) is 0.340. The number of nitrogens with zero attached hydrogens (tertiary/aromatic N) is 5. The Morgan fingerprint density at radius 1 is 1.19 bits per heavy atom. The molecule has 0 fully saturated rings. The molecule has 1 aromatic carbocycles. The number of aryl methyl sites for hydroxylation is 2. The van der Waals surface area contributed by atoms with Crippen molar-refractivity contribution in [2.75, 3.05) is 17.2 Å². The van der Waals surface area contributed by atoms with E-state index in [0.717, 1.165) is 18.5 Å². The highest BCUT2D eigenvalue weighted by atomic mass is 16.6. The van der Waals surface area contributed by atoms with E-state index in [0.29, 0.717) is 24.7 Å². The summed E-state index contributed by atoms with van der Waals surface area (Å²) in [5.74, 6) is 0.591. The lowest BCUT2D eigenvalue weighted by Crippen LogP contribution is -2.13. The standard InChI is InChI=1S/C18H21N7O2/c1-14-16(25(26)27)17(21-12-15-6-3-2-4-7-15)23-18(22-14)20-8-5-10-24-11-9-19-13-24/h2-4,6-7,9,11,13H,5,8,10,12H2,1H3,(H2,20,21,22,23). The van der Waals surface area contributed by atoms with E-state index in [-0.39, 0.29) is 11.5 Å². The van der Waals surface area contributed by atoms with Gasteiger partial charge >= 0.3 is 5.69 Å². The Hall–Kier alpha value is -3.49. The van der Waals surface area contributed by atoms with Crippen molar-refractivity contribution < 1.29 is 4.92 Å². The normalized spacial score (nSPS) is 10.6. The first kappa shape index (κ1) is 18.3. The van der Waals surface area contributed by atoms with E-state index < -0.39 is 4.92 Å². The van der Waals surface area contributed by atoms with Crippen molar-refractivity contribution >= 4 is 17.5 Å². The second-order valence-electron chi connectivity index (χ2n) is 6.01. The summed E-state index contributed by atoms with van der Waals surface area (Å²) in [6.07, 6.45) is 6.25. The molecule has 140 valence electrons. The maximum atomic E-state index is 11.4. The largest absolute Gasteiger partial charge is 0.360 e. The average molecular weight is 367 g/mol. The van der Waals surface area contributed by atoms with Gasteiger partial charge in [-0.3, -0.25) is 10.1 Å². The predicted molar refractivity (Wildman–Crippen MR) is 103 cm³/mol.